The lowest BCUT2D eigenvalue weighted by molar-refractivity contribution is -0.114. The molecule has 0 saturated heterocycles. The summed E-state index contributed by atoms with van der Waals surface area (Å²) in [5, 5.41) is 14.9. The second kappa shape index (κ2) is 6.36. The van der Waals surface area contributed by atoms with Crippen molar-refractivity contribution in [1.29, 1.82) is 0 Å². The summed E-state index contributed by atoms with van der Waals surface area (Å²) in [6, 6.07) is 11.7. The predicted molar refractivity (Wildman–Crippen MR) is 94.1 cm³/mol. The minimum absolute atomic E-state index is 0.0239. The number of hydrogen-bond donors (Lipinski definition) is 1. The third-order valence-electron chi connectivity index (χ3n) is 3.32. The highest BCUT2D eigenvalue weighted by Gasteiger charge is 2.34. The van der Waals surface area contributed by atoms with E-state index in [1.165, 1.54) is 23.2 Å². The van der Waals surface area contributed by atoms with Crippen LogP contribution < -0.4 is 5.01 Å². The van der Waals surface area contributed by atoms with Gasteiger partial charge in [0.15, 0.2) is 5.75 Å². The van der Waals surface area contributed by atoms with Crippen LogP contribution in [0, 0.1) is 6.57 Å². The Bertz CT molecular complexity index is 908. The second-order valence-electron chi connectivity index (χ2n) is 4.88. The molecular weight excluding hydrogens is 349 g/mol. The zero-order chi connectivity index (χ0) is 17.3. The van der Waals surface area contributed by atoms with Gasteiger partial charge in [0.1, 0.15) is 0 Å². The number of phenols is 1. The molecule has 0 unspecified atom stereocenters. The van der Waals surface area contributed by atoms with Crippen molar-refractivity contribution in [2.24, 2.45) is 5.10 Å². The third kappa shape index (κ3) is 2.85. The Morgan fingerprint density at radius 2 is 1.79 bits per heavy atom. The number of carbonyl (C=O) groups is 1. The van der Waals surface area contributed by atoms with Crippen molar-refractivity contribution in [2.75, 3.05) is 5.01 Å². The molecule has 118 valence electrons. The molecule has 1 aliphatic heterocycles. The molecule has 1 N–H and O–H groups in total. The quantitative estimate of drug-likeness (QED) is 0.641. The molecule has 0 bridgehead atoms. The lowest BCUT2D eigenvalue weighted by atomic mass is 10.1. The highest BCUT2D eigenvalue weighted by Crippen LogP contribution is 2.34. The molecule has 1 heterocycles. The van der Waals surface area contributed by atoms with E-state index in [-0.39, 0.29) is 27.2 Å². The van der Waals surface area contributed by atoms with Crippen molar-refractivity contribution < 1.29 is 9.90 Å². The van der Waals surface area contributed by atoms with Gasteiger partial charge in [-0.2, -0.15) is 0 Å². The second-order valence-corrected chi connectivity index (χ2v) is 5.69. The van der Waals surface area contributed by atoms with Crippen LogP contribution in [-0.4, -0.2) is 16.8 Å². The van der Waals surface area contributed by atoms with Gasteiger partial charge in [-0.15, -0.1) is 5.01 Å². The average Bonchev–Trinajstić information content (AvgIpc) is 2.89. The Balaban J connectivity index is 2.04. The van der Waals surface area contributed by atoms with E-state index in [1.54, 1.807) is 24.3 Å². The molecule has 0 aromatic heterocycles. The number of hydrazone groups is 1. The molecule has 1 amide bonds. The maximum atomic E-state index is 12.6. The molecule has 1 aliphatic rings. The maximum Gasteiger partial charge on any atom is 0.307 e. The van der Waals surface area contributed by atoms with Gasteiger partial charge >= 0.3 is 5.84 Å². The molecule has 0 fully saturated rings. The first-order chi connectivity index (χ1) is 11.5. The lowest BCUT2D eigenvalue weighted by Gasteiger charge is -2.07. The SMILES string of the molecule is [C-]#[N+]C1=NN(c2ccccc2)C(=O)/C1=C\c1cc(Cl)c(O)c(Cl)c1. The molecule has 2 aromatic carbocycles. The van der Waals surface area contributed by atoms with Crippen LogP contribution >= 0.6 is 23.2 Å². The normalized spacial score (nSPS) is 15.5. The van der Waals surface area contributed by atoms with E-state index < -0.39 is 5.91 Å². The Morgan fingerprint density at radius 3 is 2.38 bits per heavy atom. The summed E-state index contributed by atoms with van der Waals surface area (Å²) in [6.07, 6.45) is 1.47. The highest BCUT2D eigenvalue weighted by atomic mass is 35.5. The topological polar surface area (TPSA) is 57.3 Å². The Kier molecular flexibility index (Phi) is 4.26. The predicted octanol–water partition coefficient (Wildman–Crippen LogP) is 4.36. The van der Waals surface area contributed by atoms with Crippen LogP contribution in [0.1, 0.15) is 5.56 Å². The molecule has 3 rings (SSSR count). The van der Waals surface area contributed by atoms with Gasteiger partial charge in [0.05, 0.1) is 21.3 Å². The minimum atomic E-state index is -0.424. The molecule has 0 aliphatic carbocycles. The monoisotopic (exact) mass is 357 g/mol. The summed E-state index contributed by atoms with van der Waals surface area (Å²) < 4.78 is 0. The number of amidine groups is 1. The van der Waals surface area contributed by atoms with Gasteiger partial charge in [0.25, 0.3) is 5.91 Å². The minimum Gasteiger partial charge on any atom is -0.505 e. The molecule has 0 atom stereocenters. The fourth-order valence-corrected chi connectivity index (χ4v) is 2.70. The number of phenolic OH excluding ortho intramolecular Hbond substituents is 1. The van der Waals surface area contributed by atoms with Crippen molar-refractivity contribution in [1.82, 2.24) is 0 Å². The molecule has 0 saturated carbocycles. The fraction of sp³-hybridized carbons (Fsp3) is 0. The first-order valence-corrected chi connectivity index (χ1v) is 7.52. The van der Waals surface area contributed by atoms with Gasteiger partial charge in [-0.05, 0) is 34.9 Å². The zero-order valence-electron chi connectivity index (χ0n) is 12.1. The van der Waals surface area contributed by atoms with Gasteiger partial charge < -0.3 is 9.95 Å². The summed E-state index contributed by atoms with van der Waals surface area (Å²) >= 11 is 11.8. The number of rotatable bonds is 2. The molecule has 24 heavy (non-hydrogen) atoms. The number of amides is 1. The number of benzene rings is 2. The number of halogens is 2. The highest BCUT2D eigenvalue weighted by molar-refractivity contribution is 6.38. The van der Waals surface area contributed by atoms with Crippen molar-refractivity contribution in [2.45, 2.75) is 0 Å². The van der Waals surface area contributed by atoms with E-state index in [2.05, 4.69) is 9.95 Å². The van der Waals surface area contributed by atoms with Crippen LogP contribution in [0.4, 0.5) is 5.69 Å². The van der Waals surface area contributed by atoms with Crippen LogP contribution in [-0.2, 0) is 4.79 Å². The van der Waals surface area contributed by atoms with E-state index in [0.717, 1.165) is 0 Å². The van der Waals surface area contributed by atoms with E-state index in [4.69, 9.17) is 29.8 Å². The Hall–Kier alpha value is -2.81. The third-order valence-corrected chi connectivity index (χ3v) is 3.89. The molecular formula is C17H9Cl2N3O2. The summed E-state index contributed by atoms with van der Waals surface area (Å²) in [4.78, 5) is 15.9. The smallest absolute Gasteiger partial charge is 0.307 e. The molecule has 7 heteroatoms. The summed E-state index contributed by atoms with van der Waals surface area (Å²) in [5.41, 5.74) is 1.18. The van der Waals surface area contributed by atoms with E-state index in [0.29, 0.717) is 11.3 Å². The first-order valence-electron chi connectivity index (χ1n) is 6.77. The summed E-state index contributed by atoms with van der Waals surface area (Å²) in [5.74, 6) is -0.681. The largest absolute Gasteiger partial charge is 0.505 e. The summed E-state index contributed by atoms with van der Waals surface area (Å²) in [6.45, 7) is 7.24. The number of aromatic hydroxyl groups is 1. The number of nitrogens with zero attached hydrogens (tertiary/aromatic N) is 3. The fourth-order valence-electron chi connectivity index (χ4n) is 2.19. The molecule has 2 aromatic rings. The number of carbonyl (C=O) groups excluding carboxylic acids is 1. The number of hydrogen-bond acceptors (Lipinski definition) is 3. The van der Waals surface area contributed by atoms with Gasteiger partial charge in [0, 0.05) is 0 Å². The van der Waals surface area contributed by atoms with Gasteiger partial charge in [0.2, 0.25) is 0 Å². The van der Waals surface area contributed by atoms with Gasteiger partial charge in [-0.1, -0.05) is 54.0 Å². The van der Waals surface area contributed by atoms with Gasteiger partial charge in [-0.3, -0.25) is 4.79 Å². The van der Waals surface area contributed by atoms with Crippen LogP contribution in [0.2, 0.25) is 10.0 Å². The number of anilines is 1. The average molecular weight is 358 g/mol. The van der Waals surface area contributed by atoms with Crippen molar-refractivity contribution in [3.8, 4) is 5.75 Å². The van der Waals surface area contributed by atoms with Crippen LogP contribution in [0.5, 0.6) is 5.75 Å². The van der Waals surface area contributed by atoms with Crippen LogP contribution in [0.25, 0.3) is 10.9 Å². The lowest BCUT2D eigenvalue weighted by Crippen LogP contribution is -2.21. The molecule has 5 nitrogen and oxygen atoms in total. The molecule has 0 radical (unpaired) electrons. The van der Waals surface area contributed by atoms with Crippen LogP contribution in [0.3, 0.4) is 0 Å². The summed E-state index contributed by atoms with van der Waals surface area (Å²) in [7, 11) is 0. The number of para-hydroxylation sites is 1. The standard InChI is InChI=1S/C17H9Cl2N3O2/c1-20-16-12(7-10-8-13(18)15(23)14(19)9-10)17(24)22(21-16)11-5-3-2-4-6-11/h2-9,23H/b12-7-. The van der Waals surface area contributed by atoms with Crippen molar-refractivity contribution in [3.63, 3.8) is 0 Å². The van der Waals surface area contributed by atoms with E-state index in [1.807, 2.05) is 6.07 Å². The Labute approximate surface area is 147 Å². The van der Waals surface area contributed by atoms with Crippen molar-refractivity contribution in [3.05, 3.63) is 75.1 Å². The zero-order valence-corrected chi connectivity index (χ0v) is 13.6. The van der Waals surface area contributed by atoms with Gasteiger partial charge in [-0.25, -0.2) is 0 Å². The Morgan fingerprint density at radius 1 is 1.17 bits per heavy atom. The first kappa shape index (κ1) is 16.1. The van der Waals surface area contributed by atoms with E-state index in [9.17, 15) is 9.90 Å². The van der Waals surface area contributed by atoms with Crippen molar-refractivity contribution >= 4 is 46.7 Å². The van der Waals surface area contributed by atoms with E-state index >= 15 is 0 Å². The van der Waals surface area contributed by atoms with Crippen LogP contribution in [0.15, 0.2) is 53.1 Å². The maximum absolute atomic E-state index is 12.6. The molecule has 0 spiro atoms.